The zero-order chi connectivity index (χ0) is 20.5. The molecule has 0 aromatic heterocycles. The van der Waals surface area contributed by atoms with Gasteiger partial charge in [0.05, 0.1) is 33.8 Å². The van der Waals surface area contributed by atoms with Crippen molar-refractivity contribution in [3.8, 4) is 17.2 Å². The molecule has 0 radical (unpaired) electrons. The van der Waals surface area contributed by atoms with Crippen LogP contribution in [0, 0.1) is 5.82 Å². The Morgan fingerprint density at radius 2 is 1.68 bits per heavy atom. The zero-order valence-corrected chi connectivity index (χ0v) is 15.9. The van der Waals surface area contributed by atoms with E-state index in [1.165, 1.54) is 45.6 Å². The van der Waals surface area contributed by atoms with Crippen LogP contribution < -0.4 is 19.5 Å². The van der Waals surface area contributed by atoms with Crippen LogP contribution in [0.5, 0.6) is 17.2 Å². The van der Waals surface area contributed by atoms with Gasteiger partial charge in [-0.1, -0.05) is 6.07 Å². The molecule has 0 aliphatic heterocycles. The number of amides is 1. The van der Waals surface area contributed by atoms with E-state index >= 15 is 0 Å². The van der Waals surface area contributed by atoms with Gasteiger partial charge in [-0.15, -0.1) is 0 Å². The number of rotatable bonds is 9. The van der Waals surface area contributed by atoms with E-state index in [0.717, 1.165) is 0 Å². The van der Waals surface area contributed by atoms with Crippen molar-refractivity contribution in [1.29, 1.82) is 0 Å². The number of nitrogens with one attached hydrogen (secondary N) is 1. The molecule has 8 heteroatoms. The number of benzene rings is 2. The first-order valence-electron chi connectivity index (χ1n) is 8.43. The number of halogens is 1. The minimum absolute atomic E-state index is 0.0751. The molecular formula is C20H22FNO6. The maximum atomic E-state index is 12.9. The highest BCUT2D eigenvalue weighted by molar-refractivity contribution is 5.79. The Balaban J connectivity index is 2.10. The lowest BCUT2D eigenvalue weighted by Crippen LogP contribution is -2.34. The summed E-state index contributed by atoms with van der Waals surface area (Å²) in [6.07, 6.45) is -0.0751. The molecule has 1 amide bonds. The summed E-state index contributed by atoms with van der Waals surface area (Å²) >= 11 is 0. The van der Waals surface area contributed by atoms with E-state index in [9.17, 15) is 14.0 Å². The van der Waals surface area contributed by atoms with Crippen molar-refractivity contribution in [2.45, 2.75) is 12.5 Å². The highest BCUT2D eigenvalue weighted by Crippen LogP contribution is 2.31. The van der Waals surface area contributed by atoms with Crippen molar-refractivity contribution < 1.29 is 32.9 Å². The number of carbonyl (C=O) groups excluding carboxylic acids is 2. The Morgan fingerprint density at radius 1 is 1.00 bits per heavy atom. The monoisotopic (exact) mass is 391 g/mol. The Kier molecular flexibility index (Phi) is 7.62. The molecule has 0 saturated carbocycles. The molecule has 0 bridgehead atoms. The first-order chi connectivity index (χ1) is 13.5. The standard InChI is InChI=1S/C20H22FNO6/c1-25-17-9-4-13(10-18(17)26-2)16(11-20(24)27-3)22-19(23)12-28-15-7-5-14(21)6-8-15/h4-10,16H,11-12H2,1-3H3,(H,22,23)/t16-/m1/s1. The summed E-state index contributed by atoms with van der Waals surface area (Å²) in [5.41, 5.74) is 0.637. The van der Waals surface area contributed by atoms with Crippen molar-refractivity contribution >= 4 is 11.9 Å². The molecule has 28 heavy (non-hydrogen) atoms. The normalized spacial score (nSPS) is 11.3. The van der Waals surface area contributed by atoms with Gasteiger partial charge in [-0.3, -0.25) is 9.59 Å². The molecule has 0 unspecified atom stereocenters. The predicted octanol–water partition coefficient (Wildman–Crippen LogP) is 2.64. The SMILES string of the molecule is COC(=O)C[C@@H](NC(=O)COc1ccc(F)cc1)c1ccc(OC)c(OC)c1. The second-order valence-corrected chi connectivity index (χ2v) is 5.76. The van der Waals surface area contributed by atoms with E-state index < -0.39 is 23.7 Å². The Bertz CT molecular complexity index is 809. The number of hydrogen-bond acceptors (Lipinski definition) is 6. The average Bonchev–Trinajstić information content (AvgIpc) is 2.72. The van der Waals surface area contributed by atoms with E-state index in [4.69, 9.17) is 18.9 Å². The van der Waals surface area contributed by atoms with E-state index in [-0.39, 0.29) is 13.0 Å². The minimum atomic E-state index is -0.656. The van der Waals surface area contributed by atoms with E-state index in [0.29, 0.717) is 22.8 Å². The van der Waals surface area contributed by atoms with Crippen LogP contribution in [0.3, 0.4) is 0 Å². The molecule has 1 N–H and O–H groups in total. The molecule has 0 spiro atoms. The first-order valence-corrected chi connectivity index (χ1v) is 8.43. The third-order valence-electron chi connectivity index (χ3n) is 3.93. The Hall–Kier alpha value is -3.29. The topological polar surface area (TPSA) is 83.1 Å². The maximum Gasteiger partial charge on any atom is 0.307 e. The van der Waals surface area contributed by atoms with Gasteiger partial charge in [-0.25, -0.2) is 4.39 Å². The Morgan fingerprint density at radius 3 is 2.29 bits per heavy atom. The molecular weight excluding hydrogens is 369 g/mol. The largest absolute Gasteiger partial charge is 0.493 e. The van der Waals surface area contributed by atoms with Crippen LogP contribution in [0.25, 0.3) is 0 Å². The second-order valence-electron chi connectivity index (χ2n) is 5.76. The second kappa shape index (κ2) is 10.1. The quantitative estimate of drug-likeness (QED) is 0.662. The average molecular weight is 391 g/mol. The fraction of sp³-hybridized carbons (Fsp3) is 0.300. The molecule has 2 aromatic rings. The van der Waals surface area contributed by atoms with Crippen LogP contribution in [0.1, 0.15) is 18.0 Å². The van der Waals surface area contributed by atoms with Gasteiger partial charge in [0.15, 0.2) is 18.1 Å². The summed E-state index contributed by atoms with van der Waals surface area (Å²) in [6.45, 7) is -0.295. The van der Waals surface area contributed by atoms with Gasteiger partial charge in [-0.05, 0) is 42.0 Å². The van der Waals surface area contributed by atoms with Crippen LogP contribution in [0.4, 0.5) is 4.39 Å². The van der Waals surface area contributed by atoms with Gasteiger partial charge >= 0.3 is 5.97 Å². The number of methoxy groups -OCH3 is 3. The highest BCUT2D eigenvalue weighted by atomic mass is 19.1. The molecule has 7 nitrogen and oxygen atoms in total. The van der Waals surface area contributed by atoms with Gasteiger partial charge in [0, 0.05) is 0 Å². The van der Waals surface area contributed by atoms with Crippen LogP contribution in [-0.4, -0.2) is 39.8 Å². The van der Waals surface area contributed by atoms with E-state index in [1.807, 2.05) is 0 Å². The molecule has 0 saturated heterocycles. The number of esters is 1. The van der Waals surface area contributed by atoms with Gasteiger partial charge in [0.25, 0.3) is 5.91 Å². The number of carbonyl (C=O) groups is 2. The van der Waals surface area contributed by atoms with Crippen molar-refractivity contribution in [2.75, 3.05) is 27.9 Å². The summed E-state index contributed by atoms with van der Waals surface area (Å²) < 4.78 is 33.4. The van der Waals surface area contributed by atoms with E-state index in [1.54, 1.807) is 18.2 Å². The number of hydrogen-bond donors (Lipinski definition) is 1. The van der Waals surface area contributed by atoms with Crippen molar-refractivity contribution in [1.82, 2.24) is 5.32 Å². The molecule has 2 aromatic carbocycles. The van der Waals surface area contributed by atoms with E-state index in [2.05, 4.69) is 5.32 Å². The fourth-order valence-corrected chi connectivity index (χ4v) is 2.49. The molecule has 1 atom stereocenters. The van der Waals surface area contributed by atoms with Gasteiger partial charge in [0.2, 0.25) is 0 Å². The van der Waals surface area contributed by atoms with Gasteiger partial charge in [-0.2, -0.15) is 0 Å². The molecule has 0 fully saturated rings. The van der Waals surface area contributed by atoms with Crippen molar-refractivity contribution in [3.05, 3.63) is 53.8 Å². The molecule has 0 aliphatic rings. The smallest absolute Gasteiger partial charge is 0.307 e. The third kappa shape index (κ3) is 5.87. The highest BCUT2D eigenvalue weighted by Gasteiger charge is 2.21. The summed E-state index contributed by atoms with van der Waals surface area (Å²) in [4.78, 5) is 24.1. The zero-order valence-electron chi connectivity index (χ0n) is 15.9. The van der Waals surface area contributed by atoms with Crippen LogP contribution >= 0.6 is 0 Å². The number of ether oxygens (including phenoxy) is 4. The molecule has 0 heterocycles. The third-order valence-corrected chi connectivity index (χ3v) is 3.93. The van der Waals surface area contributed by atoms with Crippen molar-refractivity contribution in [3.63, 3.8) is 0 Å². The summed E-state index contributed by atoms with van der Waals surface area (Å²) in [5, 5.41) is 2.73. The summed E-state index contributed by atoms with van der Waals surface area (Å²) in [6, 6.07) is 9.72. The summed E-state index contributed by atoms with van der Waals surface area (Å²) in [5.74, 6) is 0.00356. The van der Waals surface area contributed by atoms with Crippen LogP contribution in [-0.2, 0) is 14.3 Å². The molecule has 2 rings (SSSR count). The van der Waals surface area contributed by atoms with Crippen molar-refractivity contribution in [2.24, 2.45) is 0 Å². The Labute approximate surface area is 162 Å². The first kappa shape index (κ1) is 21.0. The maximum absolute atomic E-state index is 12.9. The lowest BCUT2D eigenvalue weighted by molar-refractivity contribution is -0.141. The fourth-order valence-electron chi connectivity index (χ4n) is 2.49. The predicted molar refractivity (Wildman–Crippen MR) is 99.0 cm³/mol. The van der Waals surface area contributed by atoms with Gasteiger partial charge < -0.3 is 24.3 Å². The van der Waals surface area contributed by atoms with Crippen LogP contribution in [0.15, 0.2) is 42.5 Å². The van der Waals surface area contributed by atoms with Gasteiger partial charge in [0.1, 0.15) is 11.6 Å². The van der Waals surface area contributed by atoms with Crippen LogP contribution in [0.2, 0.25) is 0 Å². The molecule has 150 valence electrons. The molecule has 0 aliphatic carbocycles. The lowest BCUT2D eigenvalue weighted by atomic mass is 10.0. The minimum Gasteiger partial charge on any atom is -0.493 e. The lowest BCUT2D eigenvalue weighted by Gasteiger charge is -2.20. The summed E-state index contributed by atoms with van der Waals surface area (Å²) in [7, 11) is 4.28.